The van der Waals surface area contributed by atoms with Crippen LogP contribution in [-0.2, 0) is 13.0 Å². The second-order valence-corrected chi connectivity index (χ2v) is 14.4. The van der Waals surface area contributed by atoms with Crippen LogP contribution >= 0.6 is 7.26 Å². The molecule has 0 amide bonds. The number of benzene rings is 4. The lowest BCUT2D eigenvalue weighted by Crippen LogP contribution is -2.48. The number of nitrogens with one attached hydrogen (secondary N) is 1. The predicted octanol–water partition coefficient (Wildman–Crippen LogP) is 5.30. The number of fused-ring (bicyclic) bond motifs is 2. The molecule has 0 bridgehead atoms. The molecule has 3 heterocycles. The van der Waals surface area contributed by atoms with Gasteiger partial charge in [0.15, 0.2) is 10.8 Å². The van der Waals surface area contributed by atoms with Gasteiger partial charge in [-0.25, -0.2) is 4.98 Å². The first-order valence-corrected chi connectivity index (χ1v) is 16.6. The molecule has 214 valence electrons. The van der Waals surface area contributed by atoms with E-state index in [9.17, 15) is 10.2 Å². The predicted molar refractivity (Wildman–Crippen MR) is 182 cm³/mol. The van der Waals surface area contributed by atoms with Gasteiger partial charge in [0.25, 0.3) is 5.56 Å². The van der Waals surface area contributed by atoms with Crippen molar-refractivity contribution >= 4 is 45.2 Å². The van der Waals surface area contributed by atoms with Gasteiger partial charge in [0.1, 0.15) is 34.5 Å². The molecule has 4 aromatic carbocycles. The molecular weight excluding hydrogens is 559 g/mol. The largest absolute Gasteiger partial charge is 0.307 e. The summed E-state index contributed by atoms with van der Waals surface area (Å²) in [6.07, 6.45) is 2.49. The maximum Gasteiger partial charge on any atom is 0.267 e. The molecule has 0 aliphatic heterocycles. The Morgan fingerprint density at radius 2 is 1.20 bits per heavy atom. The van der Waals surface area contributed by atoms with Crippen LogP contribution in [0, 0.1) is 12.3 Å². The SMILES string of the molecule is Cc1cccn2c(=O)c3cc([P+](c4ccccc4)(c4ccccc4)c4ccccc4)c(=N)n(CCc4ccccc4)c3nc12. The first-order chi connectivity index (χ1) is 21.6. The lowest BCUT2D eigenvalue weighted by molar-refractivity contribution is 0.673. The average Bonchev–Trinajstić information content (AvgIpc) is 3.08. The van der Waals surface area contributed by atoms with E-state index < -0.39 is 7.26 Å². The molecule has 0 aliphatic carbocycles. The van der Waals surface area contributed by atoms with Crippen molar-refractivity contribution in [2.45, 2.75) is 19.9 Å². The van der Waals surface area contributed by atoms with Crippen LogP contribution in [0.4, 0.5) is 0 Å². The highest BCUT2D eigenvalue weighted by atomic mass is 31.2. The Morgan fingerprint density at radius 3 is 1.75 bits per heavy atom. The van der Waals surface area contributed by atoms with Crippen LogP contribution in [0.2, 0.25) is 0 Å². The van der Waals surface area contributed by atoms with Crippen LogP contribution < -0.4 is 32.3 Å². The fraction of sp³-hybridized carbons (Fsp3) is 0.0789. The third-order valence-corrected chi connectivity index (χ3v) is 12.7. The number of aromatic nitrogens is 3. The minimum absolute atomic E-state index is 0.129. The van der Waals surface area contributed by atoms with Crippen molar-refractivity contribution < 1.29 is 0 Å². The molecule has 5 nitrogen and oxygen atoms in total. The normalized spacial score (nSPS) is 11.7. The Kier molecular flexibility index (Phi) is 7.25. The molecule has 7 rings (SSSR count). The Labute approximate surface area is 256 Å². The van der Waals surface area contributed by atoms with Crippen LogP contribution in [0.3, 0.4) is 0 Å². The highest BCUT2D eigenvalue weighted by molar-refractivity contribution is 8.01. The third kappa shape index (κ3) is 4.57. The van der Waals surface area contributed by atoms with Crippen LogP contribution in [0.15, 0.2) is 151 Å². The molecule has 0 saturated heterocycles. The summed E-state index contributed by atoms with van der Waals surface area (Å²) in [7, 11) is -2.64. The first-order valence-electron chi connectivity index (χ1n) is 14.8. The number of hydrogen-bond donors (Lipinski definition) is 1. The first kappa shape index (κ1) is 27.7. The zero-order chi connectivity index (χ0) is 30.1. The van der Waals surface area contributed by atoms with Gasteiger partial charge >= 0.3 is 0 Å². The summed E-state index contributed by atoms with van der Waals surface area (Å²) in [5.74, 6) is 0. The number of aryl methyl sites for hydroxylation is 3. The van der Waals surface area contributed by atoms with Gasteiger partial charge in [-0.2, -0.15) is 0 Å². The molecule has 6 heteroatoms. The molecule has 7 aromatic rings. The van der Waals surface area contributed by atoms with E-state index in [1.807, 2.05) is 66.1 Å². The fourth-order valence-electron chi connectivity index (χ4n) is 6.26. The van der Waals surface area contributed by atoms with Crippen molar-refractivity contribution in [1.82, 2.24) is 14.0 Å². The molecule has 3 aromatic heterocycles. The van der Waals surface area contributed by atoms with Crippen molar-refractivity contribution in [2.24, 2.45) is 0 Å². The van der Waals surface area contributed by atoms with Gasteiger partial charge in [-0.1, -0.05) is 91.0 Å². The minimum atomic E-state index is -2.64. The molecule has 0 radical (unpaired) electrons. The van der Waals surface area contributed by atoms with E-state index in [0.717, 1.165) is 26.8 Å². The molecule has 0 aliphatic rings. The van der Waals surface area contributed by atoms with Crippen molar-refractivity contribution in [3.05, 3.63) is 173 Å². The lowest BCUT2D eigenvalue weighted by atomic mass is 10.1. The maximum atomic E-state index is 14.3. The van der Waals surface area contributed by atoms with Crippen LogP contribution in [0.5, 0.6) is 0 Å². The molecule has 1 N–H and O–H groups in total. The van der Waals surface area contributed by atoms with Gasteiger partial charge in [-0.15, -0.1) is 0 Å². The highest BCUT2D eigenvalue weighted by Gasteiger charge is 2.49. The molecule has 0 spiro atoms. The fourth-order valence-corrected chi connectivity index (χ4v) is 10.6. The van der Waals surface area contributed by atoms with Crippen LogP contribution in [-0.4, -0.2) is 14.0 Å². The summed E-state index contributed by atoms with van der Waals surface area (Å²) in [6.45, 7) is 2.48. The van der Waals surface area contributed by atoms with Crippen molar-refractivity contribution in [2.75, 3.05) is 0 Å². The Hall–Kier alpha value is -5.12. The average molecular weight is 592 g/mol. The van der Waals surface area contributed by atoms with Gasteiger partial charge in [0, 0.05) is 18.8 Å². The Morgan fingerprint density at radius 1 is 0.682 bits per heavy atom. The second kappa shape index (κ2) is 11.5. The van der Waals surface area contributed by atoms with E-state index in [1.165, 1.54) is 5.56 Å². The topological polar surface area (TPSA) is 63.1 Å². The van der Waals surface area contributed by atoms with Gasteiger partial charge < -0.3 is 4.57 Å². The monoisotopic (exact) mass is 591 g/mol. The van der Waals surface area contributed by atoms with Crippen molar-refractivity contribution in [3.63, 3.8) is 0 Å². The van der Waals surface area contributed by atoms with Crippen LogP contribution in [0.25, 0.3) is 16.7 Å². The smallest absolute Gasteiger partial charge is 0.267 e. The van der Waals surface area contributed by atoms with Crippen molar-refractivity contribution in [3.8, 4) is 0 Å². The molecule has 0 saturated carbocycles. The number of pyridine rings is 2. The van der Waals surface area contributed by atoms with E-state index >= 15 is 0 Å². The lowest BCUT2D eigenvalue weighted by Gasteiger charge is -2.28. The summed E-state index contributed by atoms with van der Waals surface area (Å²) in [5.41, 5.74) is 3.49. The van der Waals surface area contributed by atoms with Gasteiger partial charge in [-0.3, -0.25) is 14.6 Å². The molecule has 0 unspecified atom stereocenters. The summed E-state index contributed by atoms with van der Waals surface area (Å²) < 4.78 is 3.61. The minimum Gasteiger partial charge on any atom is -0.307 e. The van der Waals surface area contributed by atoms with Gasteiger partial charge in [-0.05, 0) is 66.9 Å². The summed E-state index contributed by atoms with van der Waals surface area (Å²) in [4.78, 5) is 19.4. The highest BCUT2D eigenvalue weighted by Crippen LogP contribution is 2.53. The van der Waals surface area contributed by atoms with E-state index in [2.05, 4.69) is 84.9 Å². The quantitative estimate of drug-likeness (QED) is 0.202. The summed E-state index contributed by atoms with van der Waals surface area (Å²) >= 11 is 0. The maximum absolute atomic E-state index is 14.3. The standard InChI is InChI=1S/C38H32N4OP/c1-28-15-14-25-42-36(28)40-37-33(38(42)43)27-34(35(39)41(37)26-24-29-16-6-2-7-17-29)44(30-18-8-3-9-19-30,31-20-10-4-11-21-31)32-22-12-5-13-23-32/h2-23,25,27,39H,24,26H2,1H3/q+1. The second-order valence-electron chi connectivity index (χ2n) is 11.0. The zero-order valence-electron chi connectivity index (χ0n) is 24.5. The van der Waals surface area contributed by atoms with E-state index in [4.69, 9.17) is 4.98 Å². The number of hydrogen-bond acceptors (Lipinski definition) is 3. The van der Waals surface area contributed by atoms with Crippen LogP contribution in [0.1, 0.15) is 11.1 Å². The van der Waals surface area contributed by atoms with Gasteiger partial charge in [0.2, 0.25) is 0 Å². The Balaban J connectivity index is 1.64. The van der Waals surface area contributed by atoms with E-state index in [0.29, 0.717) is 35.1 Å². The molecule has 44 heavy (non-hydrogen) atoms. The Bertz CT molecular complexity index is 2120. The summed E-state index contributed by atoms with van der Waals surface area (Å²) in [6, 6.07) is 47.6. The van der Waals surface area contributed by atoms with Gasteiger partial charge in [0.05, 0.1) is 5.39 Å². The summed E-state index contributed by atoms with van der Waals surface area (Å²) in [5, 5.41) is 14.7. The van der Waals surface area contributed by atoms with E-state index in [-0.39, 0.29) is 5.56 Å². The third-order valence-electron chi connectivity index (χ3n) is 8.37. The molecule has 0 atom stereocenters. The van der Waals surface area contributed by atoms with Crippen molar-refractivity contribution in [1.29, 1.82) is 5.41 Å². The van der Waals surface area contributed by atoms with E-state index in [1.54, 1.807) is 10.6 Å². The molecule has 0 fully saturated rings. The molecular formula is C38H32N4OP+. The zero-order valence-corrected chi connectivity index (χ0v) is 25.4. The number of rotatable bonds is 7. The number of nitrogens with zero attached hydrogens (tertiary/aromatic N) is 3.